The van der Waals surface area contributed by atoms with Gasteiger partial charge in [-0.3, -0.25) is 14.9 Å². The zero-order chi connectivity index (χ0) is 16.8. The molecule has 0 atom stereocenters. The summed E-state index contributed by atoms with van der Waals surface area (Å²) in [7, 11) is 1.55. The number of methoxy groups -OCH3 is 1. The minimum Gasteiger partial charge on any atom is -0.497 e. The number of rotatable bonds is 5. The number of nitro benzene ring substituents is 1. The van der Waals surface area contributed by atoms with Gasteiger partial charge in [-0.15, -0.1) is 0 Å². The quantitative estimate of drug-likeness (QED) is 0.521. The van der Waals surface area contributed by atoms with Gasteiger partial charge in [0.1, 0.15) is 11.6 Å². The Kier molecular flexibility index (Phi) is 5.03. The zero-order valence-corrected chi connectivity index (χ0v) is 12.2. The molecule has 0 unspecified atom stereocenters. The normalized spacial score (nSPS) is 10.5. The fourth-order valence-electron chi connectivity index (χ4n) is 1.78. The summed E-state index contributed by atoms with van der Waals surface area (Å²) >= 11 is 0. The molecule has 6 nitrogen and oxygen atoms in total. The highest BCUT2D eigenvalue weighted by Gasteiger charge is 2.11. The standard InChI is InChI=1S/C16H13FN2O4/c1-23-13-6-2-11(3-7-13)4-9-16(20)18-15-10-12(19(21)22)5-8-14(15)17/h2-10H,1H3,(H,18,20)/b9-4+. The van der Waals surface area contributed by atoms with Gasteiger partial charge in [0.15, 0.2) is 0 Å². The number of hydrogen-bond donors (Lipinski definition) is 1. The Balaban J connectivity index is 2.08. The van der Waals surface area contributed by atoms with Crippen molar-refractivity contribution in [3.05, 3.63) is 70.0 Å². The molecule has 2 aromatic rings. The Morgan fingerprint density at radius 2 is 1.96 bits per heavy atom. The highest BCUT2D eigenvalue weighted by Crippen LogP contribution is 2.21. The molecule has 0 aromatic heterocycles. The van der Waals surface area contributed by atoms with Crippen molar-refractivity contribution in [1.82, 2.24) is 0 Å². The molecule has 1 amide bonds. The van der Waals surface area contributed by atoms with Crippen molar-refractivity contribution >= 4 is 23.4 Å². The zero-order valence-electron chi connectivity index (χ0n) is 12.2. The molecule has 0 aliphatic rings. The van der Waals surface area contributed by atoms with Crippen LogP contribution in [-0.4, -0.2) is 17.9 Å². The van der Waals surface area contributed by atoms with E-state index in [1.54, 1.807) is 31.4 Å². The third kappa shape index (κ3) is 4.37. The number of halogens is 1. The van der Waals surface area contributed by atoms with E-state index in [0.717, 1.165) is 23.8 Å². The van der Waals surface area contributed by atoms with E-state index >= 15 is 0 Å². The number of non-ortho nitro benzene ring substituents is 1. The molecular weight excluding hydrogens is 303 g/mol. The molecule has 7 heteroatoms. The number of ether oxygens (including phenoxy) is 1. The highest BCUT2D eigenvalue weighted by atomic mass is 19.1. The van der Waals surface area contributed by atoms with Crippen LogP contribution in [0.2, 0.25) is 0 Å². The lowest BCUT2D eigenvalue weighted by Crippen LogP contribution is -2.09. The average Bonchev–Trinajstić information content (AvgIpc) is 2.55. The molecule has 0 radical (unpaired) electrons. The van der Waals surface area contributed by atoms with E-state index < -0.39 is 16.6 Å². The lowest BCUT2D eigenvalue weighted by Gasteiger charge is -2.03. The fourth-order valence-corrected chi connectivity index (χ4v) is 1.78. The number of nitrogens with zero attached hydrogens (tertiary/aromatic N) is 1. The third-order valence-corrected chi connectivity index (χ3v) is 2.96. The minimum atomic E-state index is -0.748. The number of anilines is 1. The number of hydrogen-bond acceptors (Lipinski definition) is 4. The molecule has 0 aliphatic carbocycles. The number of benzene rings is 2. The Hall–Kier alpha value is -3.22. The van der Waals surface area contributed by atoms with Crippen LogP contribution in [0.3, 0.4) is 0 Å². The molecule has 118 valence electrons. The SMILES string of the molecule is COc1ccc(/C=C/C(=O)Nc2cc([N+](=O)[O-])ccc2F)cc1. The molecule has 0 fully saturated rings. The lowest BCUT2D eigenvalue weighted by molar-refractivity contribution is -0.384. The third-order valence-electron chi connectivity index (χ3n) is 2.96. The summed E-state index contributed by atoms with van der Waals surface area (Å²) < 4.78 is 18.6. The molecule has 2 aromatic carbocycles. The van der Waals surface area contributed by atoms with Gasteiger partial charge in [-0.05, 0) is 29.8 Å². The highest BCUT2D eigenvalue weighted by molar-refractivity contribution is 6.02. The molecule has 0 spiro atoms. The van der Waals surface area contributed by atoms with Crippen molar-refractivity contribution in [2.45, 2.75) is 0 Å². The summed E-state index contributed by atoms with van der Waals surface area (Å²) in [5.41, 5.74) is 0.199. The lowest BCUT2D eigenvalue weighted by atomic mass is 10.2. The van der Waals surface area contributed by atoms with Crippen molar-refractivity contribution < 1.29 is 18.8 Å². The molecule has 0 bridgehead atoms. The fraction of sp³-hybridized carbons (Fsp3) is 0.0625. The summed E-state index contributed by atoms with van der Waals surface area (Å²) in [4.78, 5) is 21.8. The van der Waals surface area contributed by atoms with Crippen LogP contribution in [0.25, 0.3) is 6.08 Å². The van der Waals surface area contributed by atoms with Gasteiger partial charge in [0.25, 0.3) is 5.69 Å². The predicted molar refractivity (Wildman–Crippen MR) is 83.7 cm³/mol. The first-order valence-electron chi connectivity index (χ1n) is 6.56. The largest absolute Gasteiger partial charge is 0.497 e. The summed E-state index contributed by atoms with van der Waals surface area (Å²) in [6.45, 7) is 0. The molecule has 0 saturated heterocycles. The van der Waals surface area contributed by atoms with Crippen LogP contribution < -0.4 is 10.1 Å². The van der Waals surface area contributed by atoms with Crippen LogP contribution in [-0.2, 0) is 4.79 Å². The first-order valence-corrected chi connectivity index (χ1v) is 6.56. The van der Waals surface area contributed by atoms with Crippen molar-refractivity contribution in [2.24, 2.45) is 0 Å². The Bertz CT molecular complexity index is 757. The van der Waals surface area contributed by atoms with Crippen LogP contribution in [0, 0.1) is 15.9 Å². The van der Waals surface area contributed by atoms with Gasteiger partial charge in [-0.1, -0.05) is 12.1 Å². The van der Waals surface area contributed by atoms with Gasteiger partial charge in [0.2, 0.25) is 5.91 Å². The summed E-state index contributed by atoms with van der Waals surface area (Å²) in [6.07, 6.45) is 2.74. The van der Waals surface area contributed by atoms with Gasteiger partial charge < -0.3 is 10.1 Å². The smallest absolute Gasteiger partial charge is 0.271 e. The Morgan fingerprint density at radius 3 is 2.57 bits per heavy atom. The van der Waals surface area contributed by atoms with Crippen LogP contribution in [0.15, 0.2) is 48.5 Å². The number of nitro groups is 1. The monoisotopic (exact) mass is 316 g/mol. The minimum absolute atomic E-state index is 0.247. The van der Waals surface area contributed by atoms with Crippen LogP contribution >= 0.6 is 0 Å². The number of carbonyl (C=O) groups is 1. The van der Waals surface area contributed by atoms with Gasteiger partial charge in [0, 0.05) is 18.2 Å². The van der Waals surface area contributed by atoms with Gasteiger partial charge in [0.05, 0.1) is 17.7 Å². The first kappa shape index (κ1) is 16.2. The summed E-state index contributed by atoms with van der Waals surface area (Å²) in [5, 5.41) is 12.9. The van der Waals surface area contributed by atoms with Gasteiger partial charge >= 0.3 is 0 Å². The topological polar surface area (TPSA) is 81.5 Å². The van der Waals surface area contributed by atoms with Gasteiger partial charge in [-0.2, -0.15) is 0 Å². The molecule has 0 saturated carbocycles. The Labute approximate surface area is 131 Å². The van der Waals surface area contributed by atoms with Crippen molar-refractivity contribution in [1.29, 1.82) is 0 Å². The molecule has 1 N–H and O–H groups in total. The van der Waals surface area contributed by atoms with Crippen molar-refractivity contribution in [2.75, 3.05) is 12.4 Å². The Morgan fingerprint density at radius 1 is 1.26 bits per heavy atom. The van der Waals surface area contributed by atoms with Crippen LogP contribution in [0.5, 0.6) is 5.75 Å². The second kappa shape index (κ2) is 7.17. The molecular formula is C16H13FN2O4. The van der Waals surface area contributed by atoms with E-state index in [9.17, 15) is 19.3 Å². The maximum Gasteiger partial charge on any atom is 0.271 e. The van der Waals surface area contributed by atoms with Crippen LogP contribution in [0.4, 0.5) is 15.8 Å². The summed E-state index contributed by atoms with van der Waals surface area (Å²) in [6, 6.07) is 9.89. The molecule has 0 aliphatic heterocycles. The first-order chi connectivity index (χ1) is 11.0. The molecule has 23 heavy (non-hydrogen) atoms. The number of amides is 1. The molecule has 2 rings (SSSR count). The second-order valence-electron chi connectivity index (χ2n) is 4.52. The van der Waals surface area contributed by atoms with E-state index in [-0.39, 0.29) is 11.4 Å². The van der Waals surface area contributed by atoms with E-state index in [1.807, 2.05) is 0 Å². The van der Waals surface area contributed by atoms with E-state index in [4.69, 9.17) is 4.74 Å². The second-order valence-corrected chi connectivity index (χ2v) is 4.52. The van der Waals surface area contributed by atoms with E-state index in [1.165, 1.54) is 12.2 Å². The predicted octanol–water partition coefficient (Wildman–Crippen LogP) is 3.39. The van der Waals surface area contributed by atoms with E-state index in [0.29, 0.717) is 5.75 Å². The van der Waals surface area contributed by atoms with Crippen molar-refractivity contribution in [3.8, 4) is 5.75 Å². The maximum absolute atomic E-state index is 13.6. The van der Waals surface area contributed by atoms with Crippen LogP contribution in [0.1, 0.15) is 5.56 Å². The maximum atomic E-state index is 13.6. The molecule has 0 heterocycles. The summed E-state index contributed by atoms with van der Waals surface area (Å²) in [5.74, 6) is -0.660. The number of nitrogens with one attached hydrogen (secondary N) is 1. The van der Waals surface area contributed by atoms with E-state index in [2.05, 4.69) is 5.32 Å². The average molecular weight is 316 g/mol. The number of carbonyl (C=O) groups excluding carboxylic acids is 1. The van der Waals surface area contributed by atoms with Gasteiger partial charge in [-0.25, -0.2) is 4.39 Å². The van der Waals surface area contributed by atoms with Crippen molar-refractivity contribution in [3.63, 3.8) is 0 Å².